The van der Waals surface area contributed by atoms with Crippen LogP contribution in [-0.4, -0.2) is 66.2 Å². The minimum absolute atomic E-state index is 0.0253. The van der Waals surface area contributed by atoms with E-state index in [2.05, 4.69) is 30.9 Å². The van der Waals surface area contributed by atoms with Crippen molar-refractivity contribution in [2.45, 2.75) is 85.7 Å². The summed E-state index contributed by atoms with van der Waals surface area (Å²) >= 11 is 0. The van der Waals surface area contributed by atoms with E-state index in [0.717, 1.165) is 25.7 Å². The summed E-state index contributed by atoms with van der Waals surface area (Å²) in [5.41, 5.74) is 1.11. The number of hydrogen-bond donors (Lipinski definition) is 4. The highest BCUT2D eigenvalue weighted by Gasteiger charge is 2.39. The van der Waals surface area contributed by atoms with Gasteiger partial charge in [-0.2, -0.15) is 23.1 Å². The van der Waals surface area contributed by atoms with Gasteiger partial charge in [0.15, 0.2) is 5.82 Å². The molecule has 46 heavy (non-hydrogen) atoms. The monoisotopic (exact) mass is 657 g/mol. The van der Waals surface area contributed by atoms with Crippen LogP contribution < -0.4 is 31.2 Å². The Kier molecular flexibility index (Phi) is 14.3. The lowest BCUT2D eigenvalue weighted by Crippen LogP contribution is -2.34. The van der Waals surface area contributed by atoms with E-state index >= 15 is 4.39 Å². The second-order valence-electron chi connectivity index (χ2n) is 10.4. The van der Waals surface area contributed by atoms with Crippen LogP contribution in [0.15, 0.2) is 6.07 Å². The van der Waals surface area contributed by atoms with Crippen LogP contribution in [0, 0.1) is 18.6 Å². The van der Waals surface area contributed by atoms with Crippen molar-refractivity contribution >= 4 is 28.7 Å². The van der Waals surface area contributed by atoms with E-state index in [-0.39, 0.29) is 47.3 Å². The third kappa shape index (κ3) is 9.12. The van der Waals surface area contributed by atoms with E-state index in [1.165, 1.54) is 6.92 Å². The quantitative estimate of drug-likeness (QED) is 0.141. The molecule has 0 fully saturated rings. The van der Waals surface area contributed by atoms with E-state index in [1.54, 1.807) is 14.0 Å². The van der Waals surface area contributed by atoms with Crippen molar-refractivity contribution in [3.8, 4) is 23.1 Å². The highest BCUT2D eigenvalue weighted by Crippen LogP contribution is 2.44. The van der Waals surface area contributed by atoms with Crippen LogP contribution in [0.4, 0.5) is 33.5 Å². The minimum Gasteiger partial charge on any atom is -0.474 e. The molecule has 0 bridgehead atoms. The highest BCUT2D eigenvalue weighted by molar-refractivity contribution is 5.96. The molecule has 5 N–H and O–H groups in total. The van der Waals surface area contributed by atoms with Crippen LogP contribution in [0.1, 0.15) is 65.5 Å². The lowest BCUT2D eigenvalue weighted by Gasteiger charge is -2.22. The van der Waals surface area contributed by atoms with Gasteiger partial charge in [-0.1, -0.05) is 20.8 Å². The predicted octanol–water partition coefficient (Wildman–Crippen LogP) is 6.05. The van der Waals surface area contributed by atoms with Crippen LogP contribution in [0.3, 0.4) is 0 Å². The van der Waals surface area contributed by atoms with Crippen LogP contribution in [0.5, 0.6) is 11.9 Å². The van der Waals surface area contributed by atoms with E-state index in [1.807, 2.05) is 27.7 Å². The number of rotatable bonds is 6. The molecular formula is C31H44F5N7O3. The Morgan fingerprint density at radius 1 is 1.17 bits per heavy atom. The summed E-state index contributed by atoms with van der Waals surface area (Å²) in [5.74, 6) is -2.47. The predicted molar refractivity (Wildman–Crippen MR) is 169 cm³/mol. The molecule has 0 amide bonds. The van der Waals surface area contributed by atoms with Gasteiger partial charge in [0.2, 0.25) is 5.88 Å². The summed E-state index contributed by atoms with van der Waals surface area (Å²) < 4.78 is 85.4. The smallest absolute Gasteiger partial charge is 0.417 e. The number of nitrogen functional groups attached to an aromatic ring is 1. The van der Waals surface area contributed by atoms with E-state index in [9.17, 15) is 17.6 Å². The molecule has 1 aliphatic rings. The topological polar surface area (TPSA) is 136 Å². The van der Waals surface area contributed by atoms with Gasteiger partial charge in [0, 0.05) is 30.7 Å². The zero-order valence-corrected chi connectivity index (χ0v) is 27.5. The second kappa shape index (κ2) is 17.2. The van der Waals surface area contributed by atoms with Crippen LogP contribution in [0.25, 0.3) is 22.2 Å². The molecular weight excluding hydrogens is 613 g/mol. The fraction of sp³-hybridized carbons (Fsp3) is 0.548. The van der Waals surface area contributed by atoms with Gasteiger partial charge >= 0.3 is 12.2 Å². The molecule has 3 atom stereocenters. The summed E-state index contributed by atoms with van der Waals surface area (Å²) in [6, 6.07) is 0.512. The Labute approximate surface area is 266 Å². The van der Waals surface area contributed by atoms with E-state index in [4.69, 9.17) is 20.0 Å². The fourth-order valence-electron chi connectivity index (χ4n) is 4.85. The van der Waals surface area contributed by atoms with Crippen molar-refractivity contribution in [2.24, 2.45) is 0 Å². The zero-order chi connectivity index (χ0) is 34.8. The number of nitrogens with two attached hydrogens (primary N) is 1. The molecule has 4 rings (SSSR count). The number of nitrogens with zero attached hydrogens (tertiary/aromatic N) is 3. The molecule has 2 aromatic heterocycles. The summed E-state index contributed by atoms with van der Waals surface area (Å²) in [4.78, 5) is 21.7. The molecule has 0 saturated carbocycles. The summed E-state index contributed by atoms with van der Waals surface area (Å²) in [7, 11) is 1.76. The largest absolute Gasteiger partial charge is 0.474 e. The van der Waals surface area contributed by atoms with Gasteiger partial charge in [0.25, 0.3) is 0 Å². The maximum absolute atomic E-state index is 16.4. The van der Waals surface area contributed by atoms with Crippen molar-refractivity contribution in [3.63, 3.8) is 0 Å². The van der Waals surface area contributed by atoms with Crippen molar-refractivity contribution < 1.29 is 36.2 Å². The van der Waals surface area contributed by atoms with Crippen molar-refractivity contribution in [1.82, 2.24) is 25.6 Å². The Hall–Kier alpha value is -3.85. The number of anilines is 2. The molecule has 3 unspecified atom stereocenters. The number of halogens is 5. The first-order chi connectivity index (χ1) is 21.8. The van der Waals surface area contributed by atoms with Gasteiger partial charge in [0.05, 0.1) is 17.4 Å². The molecule has 0 radical (unpaired) electrons. The molecule has 10 nitrogen and oxygen atoms in total. The van der Waals surface area contributed by atoms with Crippen LogP contribution in [-0.2, 0) is 11.0 Å². The number of hydrogen-bond acceptors (Lipinski definition) is 10. The van der Waals surface area contributed by atoms with Crippen molar-refractivity contribution in [2.75, 3.05) is 37.8 Å². The summed E-state index contributed by atoms with van der Waals surface area (Å²) in [6.07, 6.45) is -3.52. The lowest BCUT2D eigenvalue weighted by molar-refractivity contribution is -0.137. The number of aromatic nitrogens is 3. The van der Waals surface area contributed by atoms with Gasteiger partial charge in [-0.3, -0.25) is 0 Å². The Balaban J connectivity index is 0.00000139. The first kappa shape index (κ1) is 38.3. The number of pyridine rings is 1. The number of likely N-dealkylation sites (N-methyl/N-ethyl adjacent to an activating group) is 1. The van der Waals surface area contributed by atoms with E-state index in [0.29, 0.717) is 19.5 Å². The zero-order valence-electron chi connectivity index (χ0n) is 27.5. The normalized spacial score (nSPS) is 17.2. The molecule has 0 spiro atoms. The maximum Gasteiger partial charge on any atom is 0.417 e. The molecule has 1 aromatic carbocycles. The standard InChI is InChI=1S/C27H34F5N7O2.C2H4O.C2H6/c1-6-15(34-5)11-40-26-38-23-18-24(39-26)36-8-7-35-12(2)9-13(3)41-25(18)37-22(21(23)29)16-10-17(33)20(28)14(4)19(16)27(30,31)32;1-2-3;1-2/h10,12-13,15,34-35H,6-9,11,33H2,1-5H3,(H,36,38,39);2H,1H3;1-2H3. The number of alkyl halides is 3. The fourth-order valence-corrected chi connectivity index (χ4v) is 4.85. The summed E-state index contributed by atoms with van der Waals surface area (Å²) in [6.45, 7) is 13.1. The van der Waals surface area contributed by atoms with Crippen molar-refractivity contribution in [1.29, 1.82) is 0 Å². The average Bonchev–Trinajstić information content (AvgIpc) is 3.02. The Morgan fingerprint density at radius 2 is 1.83 bits per heavy atom. The van der Waals surface area contributed by atoms with Gasteiger partial charge in [-0.15, -0.1) is 0 Å². The third-order valence-corrected chi connectivity index (χ3v) is 7.02. The summed E-state index contributed by atoms with van der Waals surface area (Å²) in [5, 5.41) is 9.57. The molecule has 3 aromatic rings. The molecule has 3 heterocycles. The third-order valence-electron chi connectivity index (χ3n) is 7.02. The average molecular weight is 658 g/mol. The number of ether oxygens (including phenoxy) is 2. The molecule has 256 valence electrons. The highest BCUT2D eigenvalue weighted by atomic mass is 19.4. The second-order valence-corrected chi connectivity index (χ2v) is 10.4. The number of nitrogens with one attached hydrogen (secondary N) is 3. The number of carbonyl (C=O) groups excluding carboxylic acids is 1. The SMILES string of the molecule is CC.CC=O.CCC(COc1nc2c3c(nc(-c4cc(N)c(F)c(C)c4C(F)(F)F)c(F)c3n1)OC(C)CC(C)NCCN2)NC. The Bertz CT molecular complexity index is 1470. The van der Waals surface area contributed by atoms with Gasteiger partial charge in [-0.25, -0.2) is 13.8 Å². The number of benzene rings is 1. The van der Waals surface area contributed by atoms with Gasteiger partial charge in [0.1, 0.15) is 41.1 Å². The van der Waals surface area contributed by atoms with Crippen LogP contribution >= 0.6 is 0 Å². The lowest BCUT2D eigenvalue weighted by atomic mass is 9.96. The van der Waals surface area contributed by atoms with E-state index < -0.39 is 52.0 Å². The molecule has 15 heteroatoms. The number of carbonyl (C=O) groups is 1. The minimum atomic E-state index is -5.04. The Morgan fingerprint density at radius 3 is 2.41 bits per heavy atom. The van der Waals surface area contributed by atoms with Crippen LogP contribution in [0.2, 0.25) is 0 Å². The maximum atomic E-state index is 16.4. The first-order valence-corrected chi connectivity index (χ1v) is 15.2. The number of aldehydes is 1. The molecule has 1 aliphatic heterocycles. The van der Waals surface area contributed by atoms with Gasteiger partial charge < -0.3 is 36.0 Å². The molecule has 0 aliphatic carbocycles. The first-order valence-electron chi connectivity index (χ1n) is 15.2. The van der Waals surface area contributed by atoms with Crippen molar-refractivity contribution in [3.05, 3.63) is 28.8 Å². The molecule has 0 saturated heterocycles. The van der Waals surface area contributed by atoms with Gasteiger partial charge in [-0.05, 0) is 59.2 Å².